The lowest BCUT2D eigenvalue weighted by Crippen LogP contribution is -2.35. The van der Waals surface area contributed by atoms with Crippen LogP contribution in [0, 0.1) is 67.0 Å². The van der Waals surface area contributed by atoms with Crippen LogP contribution in [0.3, 0.4) is 0 Å². The van der Waals surface area contributed by atoms with Crippen molar-refractivity contribution in [2.45, 2.75) is 192 Å². The van der Waals surface area contributed by atoms with Crippen LogP contribution in [-0.4, -0.2) is 16.8 Å². The first-order chi connectivity index (χ1) is 19.4. The van der Waals surface area contributed by atoms with Gasteiger partial charge < -0.3 is 0 Å². The molecule has 0 bridgehead atoms. The van der Waals surface area contributed by atoms with Gasteiger partial charge in [0, 0.05) is 5.33 Å². The van der Waals surface area contributed by atoms with E-state index in [9.17, 15) is 0 Å². The molecule has 0 saturated heterocycles. The van der Waals surface area contributed by atoms with Crippen molar-refractivity contribution in [1.29, 1.82) is 0 Å². The third-order valence-electron chi connectivity index (χ3n) is 10.0. The Kier molecular flexibility index (Phi) is 20.9. The summed E-state index contributed by atoms with van der Waals surface area (Å²) in [6.07, 6.45) is 3.89. The van der Waals surface area contributed by atoms with E-state index in [4.69, 9.17) is 0 Å². The molecule has 0 spiro atoms. The maximum Gasteiger partial charge on any atom is 0.00343 e. The van der Waals surface area contributed by atoms with E-state index in [1.807, 2.05) is 0 Å². The van der Waals surface area contributed by atoms with Gasteiger partial charge in [-0.05, 0) is 91.3 Å². The van der Waals surface area contributed by atoms with Gasteiger partial charge in [0.25, 0.3) is 0 Å². The zero-order valence-electron chi connectivity index (χ0n) is 36.3. The Labute approximate surface area is 302 Å². The molecule has 0 aromatic rings. The number of halogens is 1. The van der Waals surface area contributed by atoms with Crippen molar-refractivity contribution in [1.82, 2.24) is 0 Å². The summed E-state index contributed by atoms with van der Waals surface area (Å²) >= 11 is 5.71. The molecule has 0 nitrogen and oxygen atoms in total. The zero-order valence-corrected chi connectivity index (χ0v) is 38.7. The Morgan fingerprint density at radius 3 is 0.778 bits per heavy atom. The van der Waals surface area contributed by atoms with Gasteiger partial charge in [0.15, 0.2) is 0 Å². The van der Waals surface area contributed by atoms with Crippen molar-refractivity contribution in [2.24, 2.45) is 67.0 Å². The summed E-state index contributed by atoms with van der Waals surface area (Å²) in [7, 11) is 0. The SMILES string of the molecule is CC(C)(C)C(CCBr)C(C)(C)C.CC(C)(C)C(CCSCC(C(C)(C)C)C(C)(C)C)C(C)(C)C.CCC(C(C)(C)C)C(C)(C)C. The maximum absolute atomic E-state index is 3.53. The minimum Gasteiger partial charge on any atom is -0.162 e. The van der Waals surface area contributed by atoms with Gasteiger partial charge in [-0.25, -0.2) is 0 Å². The summed E-state index contributed by atoms with van der Waals surface area (Å²) in [5.41, 5.74) is 3.31. The van der Waals surface area contributed by atoms with Crippen LogP contribution in [0.25, 0.3) is 0 Å². The van der Waals surface area contributed by atoms with Crippen molar-refractivity contribution >= 4 is 27.7 Å². The highest BCUT2D eigenvalue weighted by atomic mass is 79.9. The smallest absolute Gasteiger partial charge is 0.00343 e. The second kappa shape index (κ2) is 18.7. The van der Waals surface area contributed by atoms with E-state index < -0.39 is 0 Å². The van der Waals surface area contributed by atoms with E-state index >= 15 is 0 Å². The molecule has 0 atom stereocenters. The van der Waals surface area contributed by atoms with Crippen LogP contribution in [0.15, 0.2) is 0 Å². The summed E-state index contributed by atoms with van der Waals surface area (Å²) in [5.74, 6) is 5.71. The van der Waals surface area contributed by atoms with Gasteiger partial charge in [-0.3, -0.25) is 0 Å². The van der Waals surface area contributed by atoms with Crippen LogP contribution in [0.5, 0.6) is 0 Å². The lowest BCUT2D eigenvalue weighted by atomic mass is 9.65. The molecule has 0 N–H and O–H groups in total. The third kappa shape index (κ3) is 22.2. The van der Waals surface area contributed by atoms with E-state index in [0.29, 0.717) is 43.3 Å². The first-order valence-corrected chi connectivity index (χ1v) is 20.8. The molecule has 0 heterocycles. The topological polar surface area (TPSA) is 0 Å². The van der Waals surface area contributed by atoms with E-state index in [1.54, 1.807) is 0 Å². The molecule has 0 rings (SSSR count). The monoisotopic (exact) mass is 719 g/mol. The lowest BCUT2D eigenvalue weighted by molar-refractivity contribution is 0.0978. The molecule has 0 aromatic heterocycles. The normalized spacial score (nSPS) is 14.5. The highest BCUT2D eigenvalue weighted by Gasteiger charge is 2.37. The third-order valence-corrected chi connectivity index (χ3v) is 11.6. The van der Waals surface area contributed by atoms with Crippen LogP contribution in [0.1, 0.15) is 192 Å². The molecule has 0 aliphatic carbocycles. The van der Waals surface area contributed by atoms with Crippen molar-refractivity contribution in [3.05, 3.63) is 0 Å². The fourth-order valence-corrected chi connectivity index (χ4v) is 11.4. The predicted molar refractivity (Wildman–Crippen MR) is 220 cm³/mol. The van der Waals surface area contributed by atoms with Crippen molar-refractivity contribution in [3.8, 4) is 0 Å². The highest BCUT2D eigenvalue weighted by molar-refractivity contribution is 9.09. The minimum atomic E-state index is 0.388. The lowest BCUT2D eigenvalue weighted by Gasteiger charge is -2.42. The van der Waals surface area contributed by atoms with Gasteiger partial charge in [0.2, 0.25) is 0 Å². The summed E-state index contributed by atoms with van der Waals surface area (Å²) in [6.45, 7) is 59.2. The average molecular weight is 720 g/mol. The summed E-state index contributed by atoms with van der Waals surface area (Å²) in [6, 6.07) is 0. The number of alkyl halides is 1. The second-order valence-electron chi connectivity index (χ2n) is 22.9. The predicted octanol–water partition coefficient (Wildman–Crippen LogP) is 16.1. The molecule has 276 valence electrons. The molecular formula is C43H91BrS. The van der Waals surface area contributed by atoms with Gasteiger partial charge in [-0.15, -0.1) is 0 Å². The van der Waals surface area contributed by atoms with Gasteiger partial charge >= 0.3 is 0 Å². The average Bonchev–Trinajstić information content (AvgIpc) is 2.68. The standard InChI is InChI=1S/C21H44S.C11H23Br.C11H24/c1-18(2,3)16(19(4,5)6)13-14-22-15-17(20(7,8)9)21(10,11)12;1-10(2,3)9(7-8-12)11(4,5)6;1-8-9(10(2,3)4)11(5,6)7/h16-17H,13-15H2,1-12H3;9H,7-8H2,1-6H3;9H,8H2,1-7H3. The largest absolute Gasteiger partial charge is 0.162 e. The van der Waals surface area contributed by atoms with Crippen molar-refractivity contribution in [3.63, 3.8) is 0 Å². The number of thioether (sulfide) groups is 1. The quantitative estimate of drug-likeness (QED) is 0.178. The van der Waals surface area contributed by atoms with Gasteiger partial charge in [0.05, 0.1) is 0 Å². The number of hydrogen-bond acceptors (Lipinski definition) is 1. The Bertz CT molecular complexity index is 661. The Balaban J connectivity index is -0.000000647. The molecule has 45 heavy (non-hydrogen) atoms. The molecule has 0 amide bonds. The van der Waals surface area contributed by atoms with Crippen molar-refractivity contribution in [2.75, 3.05) is 16.8 Å². The number of hydrogen-bond donors (Lipinski definition) is 0. The van der Waals surface area contributed by atoms with E-state index in [0.717, 1.165) is 29.0 Å². The van der Waals surface area contributed by atoms with Crippen LogP contribution < -0.4 is 0 Å². The Morgan fingerprint density at radius 1 is 0.378 bits per heavy atom. The molecular weight excluding hydrogens is 628 g/mol. The highest BCUT2D eigenvalue weighted by Crippen LogP contribution is 2.45. The first kappa shape index (κ1) is 50.2. The van der Waals surface area contributed by atoms with Crippen LogP contribution >= 0.6 is 27.7 Å². The van der Waals surface area contributed by atoms with Crippen LogP contribution in [0.4, 0.5) is 0 Å². The summed E-state index contributed by atoms with van der Waals surface area (Å²) in [4.78, 5) is 0. The van der Waals surface area contributed by atoms with Gasteiger partial charge in [-0.1, -0.05) is 195 Å². The first-order valence-electron chi connectivity index (χ1n) is 18.5. The molecule has 0 aliphatic rings. The molecule has 0 aliphatic heterocycles. The van der Waals surface area contributed by atoms with E-state index in [-0.39, 0.29) is 0 Å². The van der Waals surface area contributed by atoms with Crippen LogP contribution in [-0.2, 0) is 0 Å². The Morgan fingerprint density at radius 2 is 0.622 bits per heavy atom. The molecule has 0 radical (unpaired) electrons. The second-order valence-corrected chi connectivity index (χ2v) is 24.8. The fourth-order valence-electron chi connectivity index (χ4n) is 9.16. The molecule has 0 unspecified atom stereocenters. The Hall–Kier alpha value is 0.830. The summed E-state index contributed by atoms with van der Waals surface area (Å²) < 4.78 is 0. The van der Waals surface area contributed by atoms with Gasteiger partial charge in [-0.2, -0.15) is 11.8 Å². The summed E-state index contributed by atoms with van der Waals surface area (Å²) in [5, 5.41) is 1.12. The molecule has 0 fully saturated rings. The fraction of sp³-hybridized carbons (Fsp3) is 1.00. The van der Waals surface area contributed by atoms with Gasteiger partial charge in [0.1, 0.15) is 0 Å². The minimum absolute atomic E-state index is 0.388. The number of rotatable bonds is 8. The molecule has 0 aromatic carbocycles. The molecule has 2 heteroatoms. The van der Waals surface area contributed by atoms with Crippen LogP contribution in [0.2, 0.25) is 0 Å². The molecule has 0 saturated carbocycles. The van der Waals surface area contributed by atoms with E-state index in [2.05, 4.69) is 201 Å². The van der Waals surface area contributed by atoms with E-state index in [1.165, 1.54) is 30.8 Å². The zero-order chi connectivity index (χ0) is 37.3. The van der Waals surface area contributed by atoms with Crippen molar-refractivity contribution < 1.29 is 0 Å². The maximum atomic E-state index is 3.53.